The highest BCUT2D eigenvalue weighted by molar-refractivity contribution is 5.33. The van der Waals surface area contributed by atoms with Crippen molar-refractivity contribution >= 4 is 0 Å². The number of hydrogen-bond donors (Lipinski definition) is 1. The lowest BCUT2D eigenvalue weighted by molar-refractivity contribution is 0.182. The van der Waals surface area contributed by atoms with Crippen molar-refractivity contribution in [3.8, 4) is 5.75 Å². The summed E-state index contributed by atoms with van der Waals surface area (Å²) in [7, 11) is 0. The molecule has 0 aliphatic heterocycles. The summed E-state index contributed by atoms with van der Waals surface area (Å²) in [5.41, 5.74) is 2.41. The first-order valence-corrected chi connectivity index (χ1v) is 7.41. The van der Waals surface area contributed by atoms with Crippen LogP contribution in [0.4, 0.5) is 0 Å². The van der Waals surface area contributed by atoms with Gasteiger partial charge in [-0.2, -0.15) is 0 Å². The minimum atomic E-state index is 0.156. The number of ether oxygens (including phenoxy) is 1. The van der Waals surface area contributed by atoms with E-state index >= 15 is 0 Å². The lowest BCUT2D eigenvalue weighted by Gasteiger charge is -2.22. The highest BCUT2D eigenvalue weighted by Crippen LogP contribution is 2.20. The monoisotopic (exact) mass is 285 g/mol. The van der Waals surface area contributed by atoms with Crippen LogP contribution in [-0.2, 0) is 13.1 Å². The molecule has 2 aromatic carbocycles. The second-order valence-electron chi connectivity index (χ2n) is 4.96. The maximum absolute atomic E-state index is 9.29. The Morgan fingerprint density at radius 2 is 1.67 bits per heavy atom. The summed E-state index contributed by atoms with van der Waals surface area (Å²) >= 11 is 0. The molecule has 0 fully saturated rings. The van der Waals surface area contributed by atoms with Crippen molar-refractivity contribution in [3.05, 3.63) is 65.7 Å². The van der Waals surface area contributed by atoms with E-state index in [4.69, 9.17) is 4.74 Å². The maximum atomic E-state index is 9.29. The molecule has 0 aromatic heterocycles. The van der Waals surface area contributed by atoms with Crippen LogP contribution in [-0.4, -0.2) is 29.8 Å². The van der Waals surface area contributed by atoms with Crippen LogP contribution in [0.1, 0.15) is 18.1 Å². The van der Waals surface area contributed by atoms with Crippen LogP contribution in [0.2, 0.25) is 0 Å². The van der Waals surface area contributed by atoms with E-state index < -0.39 is 0 Å². The molecule has 0 heterocycles. The van der Waals surface area contributed by atoms with Gasteiger partial charge in [-0.3, -0.25) is 4.90 Å². The zero-order chi connectivity index (χ0) is 14.9. The van der Waals surface area contributed by atoms with Crippen LogP contribution in [0.3, 0.4) is 0 Å². The average Bonchev–Trinajstić information content (AvgIpc) is 2.51. The summed E-state index contributed by atoms with van der Waals surface area (Å²) in [6, 6.07) is 18.4. The van der Waals surface area contributed by atoms with Gasteiger partial charge in [-0.25, -0.2) is 0 Å². The normalized spacial score (nSPS) is 10.8. The largest absolute Gasteiger partial charge is 0.494 e. The number of hydrogen-bond acceptors (Lipinski definition) is 3. The van der Waals surface area contributed by atoms with Crippen molar-refractivity contribution in [2.45, 2.75) is 20.0 Å². The van der Waals surface area contributed by atoms with Crippen molar-refractivity contribution in [1.82, 2.24) is 4.90 Å². The zero-order valence-corrected chi connectivity index (χ0v) is 12.5. The molecule has 112 valence electrons. The quantitative estimate of drug-likeness (QED) is 0.809. The number of rotatable bonds is 8. The third kappa shape index (κ3) is 4.88. The van der Waals surface area contributed by atoms with E-state index in [1.54, 1.807) is 0 Å². The van der Waals surface area contributed by atoms with Crippen molar-refractivity contribution in [1.29, 1.82) is 0 Å². The fourth-order valence-corrected chi connectivity index (χ4v) is 2.37. The van der Waals surface area contributed by atoms with Gasteiger partial charge < -0.3 is 9.84 Å². The van der Waals surface area contributed by atoms with Crippen LogP contribution in [0.5, 0.6) is 5.75 Å². The van der Waals surface area contributed by atoms with Crippen LogP contribution >= 0.6 is 0 Å². The number of nitrogens with zero attached hydrogens (tertiary/aromatic N) is 1. The molecule has 0 saturated heterocycles. The van der Waals surface area contributed by atoms with E-state index in [1.807, 2.05) is 43.3 Å². The number of aliphatic hydroxyl groups excluding tert-OH is 1. The first-order valence-electron chi connectivity index (χ1n) is 7.41. The fraction of sp³-hybridized carbons (Fsp3) is 0.333. The maximum Gasteiger partial charge on any atom is 0.123 e. The molecule has 2 aromatic rings. The second kappa shape index (κ2) is 8.45. The molecule has 0 aliphatic carbocycles. The van der Waals surface area contributed by atoms with E-state index in [0.717, 1.165) is 24.4 Å². The molecule has 0 atom stereocenters. The average molecular weight is 285 g/mol. The molecule has 3 nitrogen and oxygen atoms in total. The van der Waals surface area contributed by atoms with E-state index in [2.05, 4.69) is 23.1 Å². The molecular formula is C18H23NO2. The van der Waals surface area contributed by atoms with Gasteiger partial charge in [0, 0.05) is 25.2 Å². The molecule has 3 heteroatoms. The van der Waals surface area contributed by atoms with Gasteiger partial charge >= 0.3 is 0 Å². The summed E-state index contributed by atoms with van der Waals surface area (Å²) in [5.74, 6) is 0.927. The predicted octanol–water partition coefficient (Wildman–Crippen LogP) is 3.08. The summed E-state index contributed by atoms with van der Waals surface area (Å²) in [4.78, 5) is 2.23. The SMILES string of the molecule is CCOc1ccccc1CN(CCO)Cc1ccccc1. The molecule has 0 saturated carbocycles. The van der Waals surface area contributed by atoms with Crippen LogP contribution in [0.25, 0.3) is 0 Å². The summed E-state index contributed by atoms with van der Waals surface area (Å²) in [6.07, 6.45) is 0. The van der Waals surface area contributed by atoms with Crippen molar-refractivity contribution in [2.75, 3.05) is 19.8 Å². The molecule has 0 unspecified atom stereocenters. The molecule has 21 heavy (non-hydrogen) atoms. The van der Waals surface area contributed by atoms with Crippen LogP contribution in [0.15, 0.2) is 54.6 Å². The van der Waals surface area contributed by atoms with Gasteiger partial charge in [0.2, 0.25) is 0 Å². The van der Waals surface area contributed by atoms with E-state index in [9.17, 15) is 5.11 Å². The highest BCUT2D eigenvalue weighted by Gasteiger charge is 2.10. The topological polar surface area (TPSA) is 32.7 Å². The van der Waals surface area contributed by atoms with Crippen molar-refractivity contribution in [3.63, 3.8) is 0 Å². The van der Waals surface area contributed by atoms with Crippen molar-refractivity contribution in [2.24, 2.45) is 0 Å². The molecule has 1 N–H and O–H groups in total. The molecule has 0 aliphatic rings. The minimum Gasteiger partial charge on any atom is -0.494 e. The molecule has 2 rings (SSSR count). The number of benzene rings is 2. The Labute approximate surface area is 126 Å². The first kappa shape index (κ1) is 15.5. The third-order valence-corrected chi connectivity index (χ3v) is 3.33. The van der Waals surface area contributed by atoms with Gasteiger partial charge in [0.15, 0.2) is 0 Å². The van der Waals surface area contributed by atoms with E-state index in [-0.39, 0.29) is 6.61 Å². The van der Waals surface area contributed by atoms with Crippen LogP contribution < -0.4 is 4.74 Å². The summed E-state index contributed by atoms with van der Waals surface area (Å²) < 4.78 is 5.68. The number of aliphatic hydroxyl groups is 1. The minimum absolute atomic E-state index is 0.156. The summed E-state index contributed by atoms with van der Waals surface area (Å²) in [5, 5.41) is 9.29. The van der Waals surface area contributed by atoms with Gasteiger partial charge in [0.1, 0.15) is 5.75 Å². The molecule has 0 radical (unpaired) electrons. The molecule has 0 bridgehead atoms. The lowest BCUT2D eigenvalue weighted by atomic mass is 10.1. The Hall–Kier alpha value is -1.84. The van der Waals surface area contributed by atoms with E-state index in [0.29, 0.717) is 13.2 Å². The van der Waals surface area contributed by atoms with Gasteiger partial charge in [0.05, 0.1) is 13.2 Å². The Kier molecular flexibility index (Phi) is 6.25. The van der Waals surface area contributed by atoms with Gasteiger partial charge in [-0.05, 0) is 18.6 Å². The number of para-hydroxylation sites is 1. The third-order valence-electron chi connectivity index (χ3n) is 3.33. The Morgan fingerprint density at radius 3 is 2.38 bits per heavy atom. The standard InChI is InChI=1S/C18H23NO2/c1-2-21-18-11-7-6-10-17(18)15-19(12-13-20)14-16-8-4-3-5-9-16/h3-11,20H,2,12-15H2,1H3. The molecule has 0 amide bonds. The Morgan fingerprint density at radius 1 is 0.952 bits per heavy atom. The Bertz CT molecular complexity index is 528. The van der Waals surface area contributed by atoms with Gasteiger partial charge in [-0.1, -0.05) is 48.5 Å². The van der Waals surface area contributed by atoms with E-state index in [1.165, 1.54) is 5.56 Å². The first-order chi connectivity index (χ1) is 10.3. The van der Waals surface area contributed by atoms with Gasteiger partial charge in [0.25, 0.3) is 0 Å². The second-order valence-corrected chi connectivity index (χ2v) is 4.96. The highest BCUT2D eigenvalue weighted by atomic mass is 16.5. The Balaban J connectivity index is 2.09. The van der Waals surface area contributed by atoms with Crippen molar-refractivity contribution < 1.29 is 9.84 Å². The predicted molar refractivity (Wildman–Crippen MR) is 85.3 cm³/mol. The fourth-order valence-electron chi connectivity index (χ4n) is 2.37. The smallest absolute Gasteiger partial charge is 0.123 e. The molecular weight excluding hydrogens is 262 g/mol. The molecule has 0 spiro atoms. The van der Waals surface area contributed by atoms with Gasteiger partial charge in [-0.15, -0.1) is 0 Å². The zero-order valence-electron chi connectivity index (χ0n) is 12.5. The summed E-state index contributed by atoms with van der Waals surface area (Å²) in [6.45, 7) is 5.05. The lowest BCUT2D eigenvalue weighted by Crippen LogP contribution is -2.26. The van der Waals surface area contributed by atoms with Crippen LogP contribution in [0, 0.1) is 0 Å².